The standard InChI is InChI=1S/C17H18N2O3/c1-10-3-7-15(22-10)11(2)18-17(21)13-4-6-14-12(9-13)5-8-16(20)19-14/h3-4,6-7,9,11H,5,8H2,1-2H3,(H,18,21)(H,19,20)/t11-/m1/s1. The van der Waals surface area contributed by atoms with E-state index in [1.54, 1.807) is 12.1 Å². The van der Waals surface area contributed by atoms with Crippen LogP contribution in [0.1, 0.15) is 46.8 Å². The highest BCUT2D eigenvalue weighted by Crippen LogP contribution is 2.24. The highest BCUT2D eigenvalue weighted by molar-refractivity contribution is 5.98. The lowest BCUT2D eigenvalue weighted by Crippen LogP contribution is -2.27. The van der Waals surface area contributed by atoms with Gasteiger partial charge in [-0.25, -0.2) is 0 Å². The van der Waals surface area contributed by atoms with Crippen molar-refractivity contribution in [3.05, 3.63) is 53.0 Å². The SMILES string of the molecule is Cc1ccc([C@@H](C)NC(=O)c2ccc3c(c2)CCC(=O)N3)o1. The third kappa shape index (κ3) is 2.88. The second-order valence-corrected chi connectivity index (χ2v) is 5.56. The van der Waals surface area contributed by atoms with E-state index in [1.807, 2.05) is 32.0 Å². The molecule has 0 bridgehead atoms. The molecule has 0 saturated heterocycles. The van der Waals surface area contributed by atoms with E-state index in [0.29, 0.717) is 18.4 Å². The summed E-state index contributed by atoms with van der Waals surface area (Å²) in [6.45, 7) is 3.75. The minimum Gasteiger partial charge on any atom is -0.464 e. The van der Waals surface area contributed by atoms with Crippen LogP contribution < -0.4 is 10.6 Å². The fraction of sp³-hybridized carbons (Fsp3) is 0.294. The molecule has 2 aromatic rings. The summed E-state index contributed by atoms with van der Waals surface area (Å²) in [5.41, 5.74) is 2.38. The van der Waals surface area contributed by atoms with Crippen LogP contribution in [0.25, 0.3) is 0 Å². The number of furan rings is 1. The van der Waals surface area contributed by atoms with Gasteiger partial charge in [-0.1, -0.05) is 0 Å². The summed E-state index contributed by atoms with van der Waals surface area (Å²) >= 11 is 0. The van der Waals surface area contributed by atoms with E-state index in [9.17, 15) is 9.59 Å². The maximum Gasteiger partial charge on any atom is 0.251 e. The Morgan fingerprint density at radius 3 is 2.82 bits per heavy atom. The van der Waals surface area contributed by atoms with E-state index in [4.69, 9.17) is 4.42 Å². The van der Waals surface area contributed by atoms with E-state index in [2.05, 4.69) is 10.6 Å². The molecule has 2 heterocycles. The molecular weight excluding hydrogens is 280 g/mol. The van der Waals surface area contributed by atoms with Gasteiger partial charge in [-0.15, -0.1) is 0 Å². The molecule has 2 N–H and O–H groups in total. The number of anilines is 1. The molecular formula is C17H18N2O3. The van der Waals surface area contributed by atoms with Crippen molar-refractivity contribution in [1.29, 1.82) is 0 Å². The van der Waals surface area contributed by atoms with Crippen molar-refractivity contribution in [2.45, 2.75) is 32.7 Å². The van der Waals surface area contributed by atoms with Crippen molar-refractivity contribution in [1.82, 2.24) is 5.32 Å². The van der Waals surface area contributed by atoms with Gasteiger partial charge < -0.3 is 15.1 Å². The lowest BCUT2D eigenvalue weighted by Gasteiger charge is -2.18. The topological polar surface area (TPSA) is 71.3 Å². The number of rotatable bonds is 3. The Labute approximate surface area is 128 Å². The third-order valence-corrected chi connectivity index (χ3v) is 3.80. The summed E-state index contributed by atoms with van der Waals surface area (Å²) < 4.78 is 5.52. The number of fused-ring (bicyclic) bond motifs is 1. The summed E-state index contributed by atoms with van der Waals surface area (Å²) in [4.78, 5) is 23.7. The lowest BCUT2D eigenvalue weighted by molar-refractivity contribution is -0.116. The number of hydrogen-bond donors (Lipinski definition) is 2. The summed E-state index contributed by atoms with van der Waals surface area (Å²) in [6.07, 6.45) is 1.12. The molecule has 0 saturated carbocycles. The van der Waals surface area contributed by atoms with Crippen molar-refractivity contribution in [2.24, 2.45) is 0 Å². The van der Waals surface area contributed by atoms with Crippen LogP contribution in [-0.4, -0.2) is 11.8 Å². The van der Waals surface area contributed by atoms with E-state index in [-0.39, 0.29) is 17.9 Å². The largest absolute Gasteiger partial charge is 0.464 e. The Morgan fingerprint density at radius 2 is 2.09 bits per heavy atom. The van der Waals surface area contributed by atoms with Crippen LogP contribution in [0.2, 0.25) is 0 Å². The highest BCUT2D eigenvalue weighted by atomic mass is 16.3. The zero-order valence-electron chi connectivity index (χ0n) is 12.6. The molecule has 114 valence electrons. The van der Waals surface area contributed by atoms with Crippen LogP contribution in [0.15, 0.2) is 34.7 Å². The lowest BCUT2D eigenvalue weighted by atomic mass is 10.00. The maximum absolute atomic E-state index is 12.3. The van der Waals surface area contributed by atoms with Gasteiger partial charge >= 0.3 is 0 Å². The van der Waals surface area contributed by atoms with E-state index in [1.165, 1.54) is 0 Å². The van der Waals surface area contributed by atoms with Crippen LogP contribution in [0.5, 0.6) is 0 Å². The van der Waals surface area contributed by atoms with E-state index >= 15 is 0 Å². The molecule has 0 fully saturated rings. The second-order valence-electron chi connectivity index (χ2n) is 5.56. The molecule has 22 heavy (non-hydrogen) atoms. The predicted molar refractivity (Wildman–Crippen MR) is 82.7 cm³/mol. The third-order valence-electron chi connectivity index (χ3n) is 3.80. The smallest absolute Gasteiger partial charge is 0.251 e. The van der Waals surface area contributed by atoms with Crippen LogP contribution in [-0.2, 0) is 11.2 Å². The Kier molecular flexibility index (Phi) is 3.71. The number of nitrogens with one attached hydrogen (secondary N) is 2. The van der Waals surface area contributed by atoms with E-state index in [0.717, 1.165) is 22.8 Å². The van der Waals surface area contributed by atoms with Crippen molar-refractivity contribution >= 4 is 17.5 Å². The van der Waals surface area contributed by atoms with Gasteiger partial charge in [0.1, 0.15) is 11.5 Å². The highest BCUT2D eigenvalue weighted by Gasteiger charge is 2.18. The van der Waals surface area contributed by atoms with Gasteiger partial charge in [-0.05, 0) is 56.2 Å². The monoisotopic (exact) mass is 298 g/mol. The molecule has 1 aliphatic rings. The fourth-order valence-corrected chi connectivity index (χ4v) is 2.56. The first-order valence-corrected chi connectivity index (χ1v) is 7.33. The van der Waals surface area contributed by atoms with Crippen LogP contribution in [0, 0.1) is 6.92 Å². The molecule has 3 rings (SSSR count). The molecule has 1 aromatic heterocycles. The summed E-state index contributed by atoms with van der Waals surface area (Å²) in [7, 11) is 0. The first-order chi connectivity index (χ1) is 10.5. The molecule has 2 amide bonds. The molecule has 1 aliphatic heterocycles. The van der Waals surface area contributed by atoms with Gasteiger partial charge in [0.05, 0.1) is 6.04 Å². The van der Waals surface area contributed by atoms with Crippen molar-refractivity contribution in [3.63, 3.8) is 0 Å². The number of benzene rings is 1. The first-order valence-electron chi connectivity index (χ1n) is 7.33. The quantitative estimate of drug-likeness (QED) is 0.915. The van der Waals surface area contributed by atoms with Crippen LogP contribution >= 0.6 is 0 Å². The summed E-state index contributed by atoms with van der Waals surface area (Å²) in [5, 5.41) is 5.73. The number of carbonyl (C=O) groups is 2. The van der Waals surface area contributed by atoms with Crippen LogP contribution in [0.4, 0.5) is 5.69 Å². The number of aryl methyl sites for hydroxylation is 2. The number of amides is 2. The molecule has 1 aromatic carbocycles. The summed E-state index contributed by atoms with van der Waals surface area (Å²) in [5.74, 6) is 1.42. The van der Waals surface area contributed by atoms with Gasteiger partial charge in [0, 0.05) is 17.7 Å². The van der Waals surface area contributed by atoms with Crippen LogP contribution in [0.3, 0.4) is 0 Å². The average molecular weight is 298 g/mol. The minimum atomic E-state index is -0.197. The van der Waals surface area contributed by atoms with Gasteiger partial charge in [0.2, 0.25) is 5.91 Å². The number of carbonyl (C=O) groups excluding carboxylic acids is 2. The van der Waals surface area contributed by atoms with E-state index < -0.39 is 0 Å². The van der Waals surface area contributed by atoms with Crippen molar-refractivity contribution in [3.8, 4) is 0 Å². The van der Waals surface area contributed by atoms with Crippen molar-refractivity contribution < 1.29 is 14.0 Å². The average Bonchev–Trinajstić information content (AvgIpc) is 2.93. The molecule has 0 unspecified atom stereocenters. The Bertz CT molecular complexity index is 733. The zero-order chi connectivity index (χ0) is 15.7. The maximum atomic E-state index is 12.3. The summed E-state index contributed by atoms with van der Waals surface area (Å²) in [6, 6.07) is 8.88. The first kappa shape index (κ1) is 14.4. The van der Waals surface area contributed by atoms with Gasteiger partial charge in [-0.3, -0.25) is 9.59 Å². The van der Waals surface area contributed by atoms with Crippen molar-refractivity contribution in [2.75, 3.05) is 5.32 Å². The minimum absolute atomic E-state index is 0.0199. The second kappa shape index (κ2) is 5.67. The zero-order valence-corrected chi connectivity index (χ0v) is 12.6. The Morgan fingerprint density at radius 1 is 1.27 bits per heavy atom. The molecule has 0 aliphatic carbocycles. The van der Waals surface area contributed by atoms with Gasteiger partial charge in [-0.2, -0.15) is 0 Å². The fourth-order valence-electron chi connectivity index (χ4n) is 2.56. The Hall–Kier alpha value is -2.56. The molecule has 0 spiro atoms. The molecule has 5 heteroatoms. The number of hydrogen-bond acceptors (Lipinski definition) is 3. The molecule has 5 nitrogen and oxygen atoms in total. The normalized spacial score (nSPS) is 14.9. The van der Waals surface area contributed by atoms with Gasteiger partial charge in [0.15, 0.2) is 0 Å². The Balaban J connectivity index is 1.74. The molecule has 1 atom stereocenters. The molecule has 0 radical (unpaired) electrons. The predicted octanol–water partition coefficient (Wildman–Crippen LogP) is 2.96. The van der Waals surface area contributed by atoms with Gasteiger partial charge in [0.25, 0.3) is 5.91 Å².